The first-order valence-corrected chi connectivity index (χ1v) is 21.9. The van der Waals surface area contributed by atoms with Crippen LogP contribution in [0.15, 0.2) is 41.9 Å². The zero-order valence-corrected chi connectivity index (χ0v) is 35.6. The highest BCUT2D eigenvalue weighted by atomic mass is 32.1. The molecule has 0 aliphatic carbocycles. The molecule has 3 aromatic heterocycles. The SMILES string of the molecule is CCn1c(-c2cccnc2[C@H](C)OC)c2c3cc(ccc31)-c1csc(n1)C[C@H]([Si]NC(=O)CC1CCOCC1OC)C(=O)N1CCC[C@H](N1)C(=O)OCC(C)(C)C2. The van der Waals surface area contributed by atoms with Crippen LogP contribution < -0.4 is 10.4 Å². The predicted octanol–water partition coefficient (Wildman–Crippen LogP) is 5.68. The van der Waals surface area contributed by atoms with E-state index in [2.05, 4.69) is 60.0 Å². The van der Waals surface area contributed by atoms with Crippen molar-refractivity contribution in [3.63, 3.8) is 0 Å². The number of fused-ring (bicyclic) bond motifs is 6. The van der Waals surface area contributed by atoms with Crippen molar-refractivity contribution in [2.75, 3.05) is 40.6 Å². The number of hydrogen-bond acceptors (Lipinski definition) is 11. The van der Waals surface area contributed by atoms with Crippen LogP contribution in [0, 0.1) is 11.3 Å². The molecule has 0 saturated carbocycles. The molecule has 6 bridgehead atoms. The molecule has 1 aromatic carbocycles. The van der Waals surface area contributed by atoms with Gasteiger partial charge in [0.05, 0.1) is 53.1 Å². The van der Waals surface area contributed by atoms with Gasteiger partial charge >= 0.3 is 5.97 Å². The minimum absolute atomic E-state index is 0.0417. The highest BCUT2D eigenvalue weighted by molar-refractivity contribution is 7.10. The number of nitrogens with zero attached hydrogens (tertiary/aromatic N) is 4. The lowest BCUT2D eigenvalue weighted by Gasteiger charge is -2.35. The first kappa shape index (κ1) is 41.2. The zero-order valence-electron chi connectivity index (χ0n) is 33.8. The van der Waals surface area contributed by atoms with Gasteiger partial charge in [-0.25, -0.2) is 10.4 Å². The number of hydrogen-bond donors (Lipinski definition) is 2. The predicted molar refractivity (Wildman–Crippen MR) is 219 cm³/mol. The first-order chi connectivity index (χ1) is 27.5. The number of hydrazine groups is 1. The summed E-state index contributed by atoms with van der Waals surface area (Å²) in [4.78, 5) is 54.3. The maximum absolute atomic E-state index is 14.3. The van der Waals surface area contributed by atoms with Gasteiger partial charge in [-0.05, 0) is 75.3 Å². The summed E-state index contributed by atoms with van der Waals surface area (Å²) in [5.41, 5.74) is 9.14. The van der Waals surface area contributed by atoms with Gasteiger partial charge in [0, 0.05) is 85.8 Å². The normalized spacial score (nSPS) is 23.5. The number of cyclic esters (lactones) is 1. The summed E-state index contributed by atoms with van der Waals surface area (Å²) in [6, 6.07) is 9.90. The van der Waals surface area contributed by atoms with Crippen molar-refractivity contribution in [1.82, 2.24) is 30.0 Å². The molecule has 15 heteroatoms. The highest BCUT2D eigenvalue weighted by Crippen LogP contribution is 2.42. The summed E-state index contributed by atoms with van der Waals surface area (Å²) in [5, 5.41) is 5.49. The average Bonchev–Trinajstić information content (AvgIpc) is 3.82. The fourth-order valence-corrected chi connectivity index (χ4v) is 10.3. The van der Waals surface area contributed by atoms with E-state index in [4.69, 9.17) is 28.9 Å². The standard InChI is InChI=1S/C42H54N6O7SSi/c1-7-47-33-13-12-26-18-29(33)30(39(47)28-10-8-15-43-38(28)25(2)52-5)21-42(3,4)24-55-41(51)31-11-9-16-48(45-31)40(50)35(20-37-44-32(26)23-56-37)57-46-36(49)19-27-14-17-54-22-34(27)53-6/h8,10,12-13,15,18,23,25,27,31,34-35,45H,7,9,11,14,16-17,19-22,24H2,1-6H3,(H,46,49)/t25-,27?,31-,34?,35-/m0/s1. The molecule has 2 radical (unpaired) electrons. The Hall–Kier alpha value is -3.99. The van der Waals surface area contributed by atoms with E-state index in [-0.39, 0.29) is 52.2 Å². The van der Waals surface area contributed by atoms with Crippen LogP contribution in [0.3, 0.4) is 0 Å². The van der Waals surface area contributed by atoms with Gasteiger partial charge in [0.2, 0.25) is 11.8 Å². The van der Waals surface area contributed by atoms with E-state index in [0.29, 0.717) is 51.9 Å². The van der Waals surface area contributed by atoms with E-state index >= 15 is 0 Å². The van der Waals surface area contributed by atoms with Crippen molar-refractivity contribution in [2.24, 2.45) is 11.3 Å². The summed E-state index contributed by atoms with van der Waals surface area (Å²) in [5.74, 6) is -0.644. The summed E-state index contributed by atoms with van der Waals surface area (Å²) < 4.78 is 25.4. The van der Waals surface area contributed by atoms with Gasteiger partial charge in [0.25, 0.3) is 0 Å². The van der Waals surface area contributed by atoms with Crippen LogP contribution in [-0.2, 0) is 52.7 Å². The average molecular weight is 815 g/mol. The number of aromatic nitrogens is 3. The van der Waals surface area contributed by atoms with Crippen molar-refractivity contribution in [3.05, 3.63) is 58.2 Å². The molecule has 6 heterocycles. The molecule has 3 aliphatic heterocycles. The fraction of sp³-hybridized carbons (Fsp3) is 0.548. The van der Waals surface area contributed by atoms with E-state index in [9.17, 15) is 14.4 Å². The maximum atomic E-state index is 14.3. The van der Waals surface area contributed by atoms with E-state index in [0.717, 1.165) is 62.6 Å². The minimum atomic E-state index is -0.671. The van der Waals surface area contributed by atoms with Crippen LogP contribution in [0.1, 0.15) is 75.7 Å². The molecular formula is C42H54N6O7SSi. The van der Waals surface area contributed by atoms with Gasteiger partial charge < -0.3 is 28.5 Å². The molecule has 0 spiro atoms. The van der Waals surface area contributed by atoms with E-state index in [1.54, 1.807) is 25.4 Å². The first-order valence-electron chi connectivity index (χ1n) is 20.0. The van der Waals surface area contributed by atoms with Crippen LogP contribution in [0.25, 0.3) is 33.4 Å². The van der Waals surface area contributed by atoms with Crippen molar-refractivity contribution in [3.8, 4) is 22.5 Å². The molecular weight excluding hydrogens is 761 g/mol. The van der Waals surface area contributed by atoms with E-state index in [1.807, 2.05) is 18.4 Å². The van der Waals surface area contributed by atoms with Crippen LogP contribution in [-0.4, -0.2) is 99.7 Å². The molecule has 2 amide bonds. The topological polar surface area (TPSA) is 146 Å². The number of carbonyl (C=O) groups excluding carboxylic acids is 3. The van der Waals surface area contributed by atoms with Crippen LogP contribution >= 0.6 is 11.3 Å². The largest absolute Gasteiger partial charge is 0.464 e. The molecule has 2 fully saturated rings. The lowest BCUT2D eigenvalue weighted by Crippen LogP contribution is -2.57. The summed E-state index contributed by atoms with van der Waals surface area (Å²) in [6.07, 6.45) is 4.62. The lowest BCUT2D eigenvalue weighted by molar-refractivity contribution is -0.154. The Bertz CT molecular complexity index is 2090. The summed E-state index contributed by atoms with van der Waals surface area (Å²) in [6.45, 7) is 10.8. The van der Waals surface area contributed by atoms with Gasteiger partial charge in [-0.2, -0.15) is 0 Å². The molecule has 3 aliphatic rings. The molecule has 2 saturated heterocycles. The number of aryl methyl sites for hydroxylation is 1. The third-order valence-electron chi connectivity index (χ3n) is 11.4. The van der Waals surface area contributed by atoms with Gasteiger partial charge in [-0.1, -0.05) is 19.9 Å². The minimum Gasteiger partial charge on any atom is -0.464 e. The smallest absolute Gasteiger partial charge is 0.324 e. The number of ether oxygens (including phenoxy) is 4. The second-order valence-corrected chi connectivity index (χ2v) is 18.2. The zero-order chi connectivity index (χ0) is 40.3. The Morgan fingerprint density at radius 1 is 1.21 bits per heavy atom. The Morgan fingerprint density at radius 3 is 2.84 bits per heavy atom. The Morgan fingerprint density at radius 2 is 2.05 bits per heavy atom. The maximum Gasteiger partial charge on any atom is 0.324 e. The van der Waals surface area contributed by atoms with Crippen molar-refractivity contribution >= 4 is 49.7 Å². The molecule has 13 nitrogen and oxygen atoms in total. The number of esters is 1. The lowest BCUT2D eigenvalue weighted by atomic mass is 9.84. The number of rotatable bonds is 9. The summed E-state index contributed by atoms with van der Waals surface area (Å²) >= 11 is 1.51. The number of amides is 2. The number of nitrogens with one attached hydrogen (secondary N) is 2. The number of carbonyl (C=O) groups is 3. The van der Waals surface area contributed by atoms with Crippen LogP contribution in [0.4, 0.5) is 0 Å². The van der Waals surface area contributed by atoms with Crippen molar-refractivity contribution < 1.29 is 33.3 Å². The molecule has 5 atom stereocenters. The molecule has 304 valence electrons. The van der Waals surface area contributed by atoms with Gasteiger partial charge in [0.15, 0.2) is 9.68 Å². The van der Waals surface area contributed by atoms with Crippen molar-refractivity contribution in [2.45, 2.75) is 96.6 Å². The van der Waals surface area contributed by atoms with E-state index < -0.39 is 17.0 Å². The third kappa shape index (κ3) is 9.03. The number of benzene rings is 1. The fourth-order valence-electron chi connectivity index (χ4n) is 8.27. The third-order valence-corrected chi connectivity index (χ3v) is 13.5. The van der Waals surface area contributed by atoms with Gasteiger partial charge in [-0.3, -0.25) is 24.4 Å². The monoisotopic (exact) mass is 814 g/mol. The Kier molecular flexibility index (Phi) is 12.9. The Labute approximate surface area is 341 Å². The number of methoxy groups -OCH3 is 2. The second kappa shape index (κ2) is 17.9. The summed E-state index contributed by atoms with van der Waals surface area (Å²) in [7, 11) is 3.15. The second-order valence-electron chi connectivity index (χ2n) is 16.1. The van der Waals surface area contributed by atoms with Crippen LogP contribution in [0.5, 0.6) is 0 Å². The molecule has 2 unspecified atom stereocenters. The Balaban J connectivity index is 1.27. The van der Waals surface area contributed by atoms with Gasteiger partial charge in [0.1, 0.15) is 6.04 Å². The van der Waals surface area contributed by atoms with Gasteiger partial charge in [-0.15, -0.1) is 11.3 Å². The number of pyridine rings is 1. The highest BCUT2D eigenvalue weighted by Gasteiger charge is 2.36. The number of thiazole rings is 1. The van der Waals surface area contributed by atoms with Crippen molar-refractivity contribution in [1.29, 1.82) is 0 Å². The van der Waals surface area contributed by atoms with Crippen LogP contribution in [0.2, 0.25) is 5.54 Å². The molecule has 4 aromatic rings. The molecule has 7 rings (SSSR count). The van der Waals surface area contributed by atoms with E-state index in [1.165, 1.54) is 11.3 Å². The molecule has 2 N–H and O–H groups in total. The quantitative estimate of drug-likeness (QED) is 0.160. The molecule has 57 heavy (non-hydrogen) atoms.